The number of amides is 1. The second-order valence-corrected chi connectivity index (χ2v) is 7.36. The van der Waals surface area contributed by atoms with Gasteiger partial charge in [0.1, 0.15) is 12.3 Å². The fourth-order valence-electron chi connectivity index (χ4n) is 3.45. The van der Waals surface area contributed by atoms with Crippen molar-refractivity contribution in [2.75, 3.05) is 20.2 Å². The minimum Gasteiger partial charge on any atom is -0.497 e. The van der Waals surface area contributed by atoms with E-state index in [1.807, 2.05) is 36.4 Å². The van der Waals surface area contributed by atoms with Gasteiger partial charge >= 0.3 is 0 Å². The molecule has 1 amide bonds. The smallest absolute Gasteiger partial charge is 0.224 e. The number of rotatable bonds is 6. The number of hydrogen-bond acceptors (Lipinski definition) is 2. The minimum atomic E-state index is 0.0984. The summed E-state index contributed by atoms with van der Waals surface area (Å²) in [6.07, 6.45) is 2.47. The molecule has 2 N–H and O–H groups in total. The van der Waals surface area contributed by atoms with E-state index >= 15 is 0 Å². The summed E-state index contributed by atoms with van der Waals surface area (Å²) in [5.41, 5.74) is 2.32. The van der Waals surface area contributed by atoms with Crippen molar-refractivity contribution >= 4 is 17.5 Å². The lowest BCUT2D eigenvalue weighted by Crippen LogP contribution is -3.12. The highest BCUT2D eigenvalue weighted by Gasteiger charge is 2.23. The van der Waals surface area contributed by atoms with Gasteiger partial charge in [-0.1, -0.05) is 35.9 Å². The molecule has 1 fully saturated rings. The Morgan fingerprint density at radius 1 is 1.08 bits per heavy atom. The Morgan fingerprint density at radius 2 is 1.69 bits per heavy atom. The van der Waals surface area contributed by atoms with Gasteiger partial charge in [-0.15, -0.1) is 0 Å². The van der Waals surface area contributed by atoms with Crippen LogP contribution in [-0.2, 0) is 17.8 Å². The van der Waals surface area contributed by atoms with Crippen LogP contribution in [0, 0.1) is 0 Å². The molecule has 0 spiro atoms. The highest BCUT2D eigenvalue weighted by Crippen LogP contribution is 2.12. The summed E-state index contributed by atoms with van der Waals surface area (Å²) in [4.78, 5) is 13.8. The van der Waals surface area contributed by atoms with E-state index in [-0.39, 0.29) is 11.9 Å². The molecule has 0 atom stereocenters. The number of benzene rings is 2. The molecule has 1 aliphatic rings. The molecule has 138 valence electrons. The van der Waals surface area contributed by atoms with Crippen molar-refractivity contribution in [1.82, 2.24) is 5.32 Å². The Hall–Kier alpha value is -2.04. The maximum absolute atomic E-state index is 12.3. The molecule has 5 heteroatoms. The number of piperidine rings is 1. The van der Waals surface area contributed by atoms with Crippen molar-refractivity contribution in [2.45, 2.75) is 31.8 Å². The van der Waals surface area contributed by atoms with E-state index in [1.165, 1.54) is 5.56 Å². The first-order valence-corrected chi connectivity index (χ1v) is 9.50. The topological polar surface area (TPSA) is 42.8 Å². The number of carbonyl (C=O) groups is 1. The summed E-state index contributed by atoms with van der Waals surface area (Å²) in [6, 6.07) is 16.0. The molecule has 0 unspecified atom stereocenters. The third-order valence-corrected chi connectivity index (χ3v) is 5.20. The molecular formula is C21H26ClN2O2+. The normalized spacial score (nSPS) is 19.8. The van der Waals surface area contributed by atoms with Gasteiger partial charge in [0.25, 0.3) is 0 Å². The Balaban J connectivity index is 1.41. The Kier molecular flexibility index (Phi) is 6.53. The summed E-state index contributed by atoms with van der Waals surface area (Å²) in [6.45, 7) is 3.18. The highest BCUT2D eigenvalue weighted by molar-refractivity contribution is 6.30. The molecule has 3 rings (SSSR count). The third-order valence-electron chi connectivity index (χ3n) is 4.95. The molecule has 0 aromatic heterocycles. The fourth-order valence-corrected chi connectivity index (χ4v) is 3.57. The number of likely N-dealkylation sites (tertiary alicyclic amines) is 1. The quantitative estimate of drug-likeness (QED) is 0.815. The van der Waals surface area contributed by atoms with Gasteiger partial charge in [-0.3, -0.25) is 4.79 Å². The van der Waals surface area contributed by atoms with Crippen LogP contribution in [0.25, 0.3) is 0 Å². The molecule has 1 saturated heterocycles. The zero-order chi connectivity index (χ0) is 18.4. The largest absolute Gasteiger partial charge is 0.497 e. The van der Waals surface area contributed by atoms with E-state index in [1.54, 1.807) is 12.0 Å². The van der Waals surface area contributed by atoms with E-state index < -0.39 is 0 Å². The number of hydrogen-bond donors (Lipinski definition) is 2. The number of halogens is 1. The maximum atomic E-state index is 12.3. The van der Waals surface area contributed by atoms with Gasteiger partial charge < -0.3 is 15.0 Å². The van der Waals surface area contributed by atoms with Crippen molar-refractivity contribution in [3.05, 3.63) is 64.7 Å². The molecule has 2 aromatic carbocycles. The van der Waals surface area contributed by atoms with E-state index in [9.17, 15) is 4.79 Å². The van der Waals surface area contributed by atoms with Crippen LogP contribution in [0.2, 0.25) is 5.02 Å². The molecule has 0 aliphatic carbocycles. The average molecular weight is 374 g/mol. The second-order valence-electron chi connectivity index (χ2n) is 6.92. The standard InChI is InChI=1S/C21H25ClN2O2/c1-26-20-8-4-16(5-9-20)14-21(25)23-19-10-12-24(13-11-19)15-17-2-6-18(22)7-3-17/h2-9,19H,10-15H2,1H3,(H,23,25)/p+1. The summed E-state index contributed by atoms with van der Waals surface area (Å²) < 4.78 is 5.14. The Morgan fingerprint density at radius 3 is 2.31 bits per heavy atom. The maximum Gasteiger partial charge on any atom is 0.224 e. The van der Waals surface area contributed by atoms with Crippen molar-refractivity contribution in [1.29, 1.82) is 0 Å². The molecule has 26 heavy (non-hydrogen) atoms. The third kappa shape index (κ3) is 5.48. The number of ether oxygens (including phenoxy) is 1. The lowest BCUT2D eigenvalue weighted by atomic mass is 10.0. The van der Waals surface area contributed by atoms with Crippen LogP contribution >= 0.6 is 11.6 Å². The Labute approximate surface area is 160 Å². The van der Waals surface area contributed by atoms with Gasteiger partial charge in [-0.2, -0.15) is 0 Å². The highest BCUT2D eigenvalue weighted by atomic mass is 35.5. The minimum absolute atomic E-state index is 0.0984. The van der Waals surface area contributed by atoms with Crippen molar-refractivity contribution < 1.29 is 14.4 Å². The molecule has 1 aliphatic heterocycles. The van der Waals surface area contributed by atoms with E-state index in [2.05, 4.69) is 17.4 Å². The zero-order valence-electron chi connectivity index (χ0n) is 15.1. The Bertz CT molecular complexity index is 708. The van der Waals surface area contributed by atoms with Gasteiger partial charge in [0.2, 0.25) is 5.91 Å². The summed E-state index contributed by atoms with van der Waals surface area (Å²) in [7, 11) is 1.64. The first-order chi connectivity index (χ1) is 12.6. The molecule has 0 radical (unpaired) electrons. The lowest BCUT2D eigenvalue weighted by Gasteiger charge is -2.30. The van der Waals surface area contributed by atoms with Gasteiger partial charge in [-0.25, -0.2) is 0 Å². The van der Waals surface area contributed by atoms with Gasteiger partial charge in [0.05, 0.1) is 26.6 Å². The van der Waals surface area contributed by atoms with Crippen LogP contribution < -0.4 is 15.0 Å². The number of quaternary nitrogens is 1. The number of carbonyl (C=O) groups excluding carboxylic acids is 1. The van der Waals surface area contributed by atoms with Gasteiger partial charge in [-0.05, 0) is 29.8 Å². The summed E-state index contributed by atoms with van der Waals surface area (Å²) in [5.74, 6) is 0.909. The zero-order valence-corrected chi connectivity index (χ0v) is 15.9. The second kappa shape index (κ2) is 9.06. The molecular weight excluding hydrogens is 348 g/mol. The lowest BCUT2D eigenvalue weighted by molar-refractivity contribution is -0.918. The predicted octanol–water partition coefficient (Wildman–Crippen LogP) is 2.25. The van der Waals surface area contributed by atoms with Crippen LogP contribution in [0.4, 0.5) is 0 Å². The van der Waals surface area contributed by atoms with Crippen LogP contribution in [-0.4, -0.2) is 32.1 Å². The number of methoxy groups -OCH3 is 1. The van der Waals surface area contributed by atoms with E-state index in [0.29, 0.717) is 6.42 Å². The van der Waals surface area contributed by atoms with Crippen LogP contribution in [0.1, 0.15) is 24.0 Å². The first kappa shape index (κ1) is 18.7. The van der Waals surface area contributed by atoms with Crippen LogP contribution in [0.3, 0.4) is 0 Å². The van der Waals surface area contributed by atoms with Crippen molar-refractivity contribution in [3.63, 3.8) is 0 Å². The SMILES string of the molecule is COc1ccc(CC(=O)NC2CC[NH+](Cc3ccc(Cl)cc3)CC2)cc1. The summed E-state index contributed by atoms with van der Waals surface area (Å²) in [5, 5.41) is 3.97. The molecule has 2 aromatic rings. The van der Waals surface area contributed by atoms with E-state index in [4.69, 9.17) is 16.3 Å². The molecule has 4 nitrogen and oxygen atoms in total. The van der Waals surface area contributed by atoms with Gasteiger partial charge in [0.15, 0.2) is 0 Å². The molecule has 0 saturated carbocycles. The number of nitrogens with one attached hydrogen (secondary N) is 2. The van der Waals surface area contributed by atoms with Crippen LogP contribution in [0.15, 0.2) is 48.5 Å². The predicted molar refractivity (Wildman–Crippen MR) is 104 cm³/mol. The molecule has 0 bridgehead atoms. The summed E-state index contributed by atoms with van der Waals surface area (Å²) >= 11 is 5.94. The first-order valence-electron chi connectivity index (χ1n) is 9.12. The van der Waals surface area contributed by atoms with Crippen molar-refractivity contribution in [3.8, 4) is 5.75 Å². The van der Waals surface area contributed by atoms with Gasteiger partial charge in [0, 0.05) is 29.5 Å². The van der Waals surface area contributed by atoms with Crippen LogP contribution in [0.5, 0.6) is 5.75 Å². The fraction of sp³-hybridized carbons (Fsp3) is 0.381. The molecule has 1 heterocycles. The average Bonchev–Trinajstić information content (AvgIpc) is 2.66. The van der Waals surface area contributed by atoms with E-state index in [0.717, 1.165) is 48.8 Å². The van der Waals surface area contributed by atoms with Crippen molar-refractivity contribution in [2.24, 2.45) is 0 Å². The monoisotopic (exact) mass is 373 g/mol.